The van der Waals surface area contributed by atoms with E-state index < -0.39 is 0 Å². The van der Waals surface area contributed by atoms with E-state index in [9.17, 15) is 0 Å². The first-order chi connectivity index (χ1) is 13.4. The van der Waals surface area contributed by atoms with E-state index in [2.05, 4.69) is 61.4 Å². The van der Waals surface area contributed by atoms with Gasteiger partial charge >= 0.3 is 11.7 Å². The van der Waals surface area contributed by atoms with E-state index in [0.717, 1.165) is 11.3 Å². The van der Waals surface area contributed by atoms with Crippen molar-refractivity contribution in [3.05, 3.63) is 58.9 Å². The molecule has 1 heterocycles. The summed E-state index contributed by atoms with van der Waals surface area (Å²) in [7, 11) is 0. The summed E-state index contributed by atoms with van der Waals surface area (Å²) in [6.07, 6.45) is 14.2. The molecular weight excluding hydrogens is 465 g/mol. The topological polar surface area (TPSA) is 129 Å². The van der Waals surface area contributed by atoms with Crippen molar-refractivity contribution in [3.8, 4) is 0 Å². The second-order valence-electron chi connectivity index (χ2n) is 6.70. The summed E-state index contributed by atoms with van der Waals surface area (Å²) in [4.78, 5) is 8.61. The molecule has 0 aromatic carbocycles. The molecule has 0 bridgehead atoms. The number of nitrogens with two attached hydrogens (primary N) is 3. The van der Waals surface area contributed by atoms with Crippen LogP contribution in [-0.4, -0.2) is 33.4 Å². The van der Waals surface area contributed by atoms with Crippen molar-refractivity contribution in [2.75, 3.05) is 0 Å². The largest absolute Gasteiger partial charge is 0.399 e. The van der Waals surface area contributed by atoms with Crippen LogP contribution < -0.4 is 22.0 Å². The summed E-state index contributed by atoms with van der Waals surface area (Å²) in [5.41, 5.74) is 17.0. The highest BCUT2D eigenvalue weighted by Gasteiger charge is 2.22. The molecule has 2 atom stereocenters. The highest BCUT2D eigenvalue weighted by molar-refractivity contribution is 14.1. The molecule has 0 saturated heterocycles. The molecule has 7 nitrogen and oxygen atoms in total. The third kappa shape index (κ3) is 4.58. The van der Waals surface area contributed by atoms with E-state index in [1.54, 1.807) is 6.21 Å². The summed E-state index contributed by atoms with van der Waals surface area (Å²) in [5, 5.41) is 3.87. The molecule has 0 fully saturated rings. The van der Waals surface area contributed by atoms with Crippen molar-refractivity contribution in [1.29, 1.82) is 0 Å². The Morgan fingerprint density at radius 1 is 1.32 bits per heavy atom. The fourth-order valence-corrected chi connectivity index (χ4v) is 3.99. The summed E-state index contributed by atoms with van der Waals surface area (Å²) in [6.45, 7) is 3.93. The zero-order chi connectivity index (χ0) is 20.3. The van der Waals surface area contributed by atoms with Crippen LogP contribution in [0.1, 0.15) is 20.3 Å². The fraction of sp³-hybridized carbons (Fsp3) is 0.250. The van der Waals surface area contributed by atoms with Crippen molar-refractivity contribution >= 4 is 52.0 Å². The molecule has 0 amide bonds. The van der Waals surface area contributed by atoms with Gasteiger partial charge in [-0.05, 0) is 35.7 Å². The molecule has 0 saturated carbocycles. The second-order valence-corrected chi connectivity index (χ2v) is 8.04. The molecule has 3 rings (SSSR count). The third-order valence-corrected chi connectivity index (χ3v) is 5.78. The molecule has 6 N–H and O–H groups in total. The first kappa shape index (κ1) is 20.0. The molecule has 0 radical (unpaired) electrons. The van der Waals surface area contributed by atoms with Crippen LogP contribution in [0.4, 0.5) is 0 Å². The Morgan fingerprint density at radius 2 is 2.11 bits per heavy atom. The number of allylic oxidation sites excluding steroid dienone is 7. The lowest BCUT2D eigenvalue weighted by atomic mass is 9.87. The number of rotatable bonds is 2. The predicted octanol–water partition coefficient (Wildman–Crippen LogP) is 1.66. The number of hydrogen-bond donors (Lipinski definition) is 3. The maximum atomic E-state index is 6.23. The number of aliphatic imine (C=N–C) groups is 2. The maximum absolute atomic E-state index is 6.23. The van der Waals surface area contributed by atoms with Crippen molar-refractivity contribution in [2.24, 2.45) is 38.3 Å². The van der Waals surface area contributed by atoms with Gasteiger partial charge in [0.25, 0.3) is 6.21 Å². The Labute approximate surface area is 177 Å². The molecule has 8 heteroatoms. The van der Waals surface area contributed by atoms with Crippen LogP contribution in [0.15, 0.2) is 74.0 Å². The Balaban J connectivity index is 1.94. The van der Waals surface area contributed by atoms with E-state index in [1.165, 1.54) is 11.1 Å². The molecular formula is C20H23IN7+. The Bertz CT molecular complexity index is 996. The quantitative estimate of drug-likeness (QED) is 0.104. The van der Waals surface area contributed by atoms with Crippen LogP contribution in [0.2, 0.25) is 0 Å². The van der Waals surface area contributed by atoms with Gasteiger partial charge in [0, 0.05) is 23.6 Å². The number of hydrogen-bond acceptors (Lipinski definition) is 5. The smallest absolute Gasteiger partial charge is 0.389 e. The van der Waals surface area contributed by atoms with Crippen molar-refractivity contribution in [1.82, 2.24) is 4.67 Å². The minimum Gasteiger partial charge on any atom is -0.399 e. The van der Waals surface area contributed by atoms with Crippen molar-refractivity contribution in [3.63, 3.8) is 0 Å². The van der Waals surface area contributed by atoms with Crippen molar-refractivity contribution < 1.29 is 0 Å². The molecule has 0 aromatic rings. The molecule has 3 aliphatic rings. The van der Waals surface area contributed by atoms with E-state index in [1.807, 2.05) is 31.2 Å². The molecule has 1 unspecified atom stereocenters. The van der Waals surface area contributed by atoms with Crippen LogP contribution in [-0.2, 0) is 0 Å². The van der Waals surface area contributed by atoms with Gasteiger partial charge in [-0.2, -0.15) is 10.1 Å². The number of halogens is 1. The number of alkyl halides is 1. The maximum Gasteiger partial charge on any atom is 0.389 e. The normalized spacial score (nSPS) is 28.0. The highest BCUT2D eigenvalue weighted by Crippen LogP contribution is 2.32. The first-order valence-corrected chi connectivity index (χ1v) is 10.1. The summed E-state index contributed by atoms with van der Waals surface area (Å²) < 4.78 is 4.32. The van der Waals surface area contributed by atoms with Gasteiger partial charge in [0.15, 0.2) is 0 Å². The monoisotopic (exact) mass is 488 g/mol. The zero-order valence-electron chi connectivity index (χ0n) is 15.8. The number of nitrogens with zero attached hydrogens (tertiary/aromatic N) is 4. The molecule has 28 heavy (non-hydrogen) atoms. The Morgan fingerprint density at radius 3 is 2.79 bits per heavy atom. The lowest BCUT2D eigenvalue weighted by molar-refractivity contribution is 0.783. The molecule has 0 aromatic heterocycles. The van der Waals surface area contributed by atoms with Crippen LogP contribution in [0.5, 0.6) is 0 Å². The van der Waals surface area contributed by atoms with Gasteiger partial charge in [0.1, 0.15) is 5.84 Å². The zero-order valence-corrected chi connectivity index (χ0v) is 18.0. The molecule has 2 aliphatic carbocycles. The van der Waals surface area contributed by atoms with E-state index in [0.29, 0.717) is 29.6 Å². The van der Waals surface area contributed by atoms with Gasteiger partial charge in [-0.3, -0.25) is 0 Å². The fourth-order valence-electron chi connectivity index (χ4n) is 3.11. The number of amidine groups is 3. The van der Waals surface area contributed by atoms with Gasteiger partial charge in [-0.1, -0.05) is 46.4 Å². The van der Waals surface area contributed by atoms with Gasteiger partial charge < -0.3 is 17.3 Å². The SMILES string of the molecule is CC1=[N+]=CC(N=C(N)C2=C/C(=C(/C)C3C=C(N)C=C/C(=N/N)C3)[C@H](I)C=C2)=N1. The van der Waals surface area contributed by atoms with E-state index in [4.69, 9.17) is 17.3 Å². The van der Waals surface area contributed by atoms with Gasteiger partial charge in [0.2, 0.25) is 0 Å². The Hall–Kier alpha value is -2.71. The lowest BCUT2D eigenvalue weighted by Crippen LogP contribution is -2.20. The third-order valence-electron chi connectivity index (χ3n) is 4.70. The summed E-state index contributed by atoms with van der Waals surface area (Å²) in [6, 6.07) is 0. The minimum absolute atomic E-state index is 0.107. The summed E-state index contributed by atoms with van der Waals surface area (Å²) >= 11 is 2.41. The summed E-state index contributed by atoms with van der Waals surface area (Å²) in [5.74, 6) is 7.21. The van der Waals surface area contributed by atoms with E-state index >= 15 is 0 Å². The molecule has 0 spiro atoms. The minimum atomic E-state index is 0.107. The highest BCUT2D eigenvalue weighted by atomic mass is 127. The van der Waals surface area contributed by atoms with E-state index in [-0.39, 0.29) is 9.84 Å². The van der Waals surface area contributed by atoms with Crippen LogP contribution >= 0.6 is 22.6 Å². The van der Waals surface area contributed by atoms with Crippen LogP contribution in [0, 0.1) is 5.92 Å². The van der Waals surface area contributed by atoms with Gasteiger partial charge in [-0.15, -0.1) is 0 Å². The first-order valence-electron chi connectivity index (χ1n) is 8.85. The predicted molar refractivity (Wildman–Crippen MR) is 127 cm³/mol. The average Bonchev–Trinajstić information content (AvgIpc) is 2.97. The standard InChI is InChI=1S/C20H22IN7/c1-11(14-7-15(22)4-5-16(8-14)28-24)17-9-13(3-6-18(17)21)20(23)27-19-10-25-12(2)26-19/h3-7,9-10,14,18,23H,8,22,24H2,1-2H3/p+1/b17-11+,28-16-/t14?,18-/m1/s1. The molecule has 144 valence electrons. The average molecular weight is 488 g/mol. The van der Waals surface area contributed by atoms with Crippen LogP contribution in [0.25, 0.3) is 0 Å². The number of hydrazone groups is 1. The molecule has 1 aliphatic heterocycles. The second kappa shape index (κ2) is 8.53. The van der Waals surface area contributed by atoms with Crippen molar-refractivity contribution in [2.45, 2.75) is 24.2 Å². The lowest BCUT2D eigenvalue weighted by Gasteiger charge is -2.22. The van der Waals surface area contributed by atoms with Gasteiger partial charge in [0.05, 0.1) is 16.6 Å². The van der Waals surface area contributed by atoms with Crippen LogP contribution in [0.3, 0.4) is 0 Å². The Kier molecular flexibility index (Phi) is 6.11. The van der Waals surface area contributed by atoms with Gasteiger partial charge in [-0.25, -0.2) is 4.67 Å².